The summed E-state index contributed by atoms with van der Waals surface area (Å²) in [5, 5.41) is 0.753. The number of likely N-dealkylation sites (N-methyl/N-ethyl adjacent to an activating group) is 1. The second-order valence-corrected chi connectivity index (χ2v) is 8.84. The summed E-state index contributed by atoms with van der Waals surface area (Å²) in [6.07, 6.45) is 5.55. The van der Waals surface area contributed by atoms with Crippen molar-refractivity contribution in [2.75, 3.05) is 43.9 Å². The second-order valence-electron chi connectivity index (χ2n) is 8.84. The van der Waals surface area contributed by atoms with E-state index in [0.29, 0.717) is 17.3 Å². The van der Waals surface area contributed by atoms with E-state index in [1.807, 2.05) is 4.57 Å². The van der Waals surface area contributed by atoms with E-state index in [2.05, 4.69) is 46.1 Å². The first-order chi connectivity index (χ1) is 15.1. The van der Waals surface area contributed by atoms with Crippen LogP contribution < -0.4 is 16.2 Å². The molecule has 162 valence electrons. The summed E-state index contributed by atoms with van der Waals surface area (Å²) in [6.45, 7) is 4.21. The Hall–Kier alpha value is -2.93. The van der Waals surface area contributed by atoms with Gasteiger partial charge in [-0.2, -0.15) is 0 Å². The summed E-state index contributed by atoms with van der Waals surface area (Å²) in [6, 6.07) is 11.9. The lowest BCUT2D eigenvalue weighted by molar-refractivity contribution is 0.313. The number of nitrogen functional groups attached to an aromatic ring is 1. The van der Waals surface area contributed by atoms with Gasteiger partial charge in [0.1, 0.15) is 11.5 Å². The van der Waals surface area contributed by atoms with Crippen LogP contribution in [0.3, 0.4) is 0 Å². The molecule has 3 heterocycles. The number of hydrogen-bond donors (Lipinski definition) is 1. The first kappa shape index (κ1) is 20.0. The van der Waals surface area contributed by atoms with Crippen LogP contribution in [-0.4, -0.2) is 52.7 Å². The Labute approximate surface area is 182 Å². The Balaban J connectivity index is 1.52. The summed E-state index contributed by atoms with van der Waals surface area (Å²) >= 11 is 0. The van der Waals surface area contributed by atoms with Crippen molar-refractivity contribution in [3.63, 3.8) is 0 Å². The zero-order valence-corrected chi connectivity index (χ0v) is 18.1. The predicted molar refractivity (Wildman–Crippen MR) is 125 cm³/mol. The Morgan fingerprint density at radius 3 is 2.32 bits per heavy atom. The number of nitrogens with two attached hydrogens (primary N) is 1. The Kier molecular flexibility index (Phi) is 5.36. The first-order valence-electron chi connectivity index (χ1n) is 11.3. The van der Waals surface area contributed by atoms with E-state index in [-0.39, 0.29) is 11.6 Å². The molecular formula is C24H30N6O. The van der Waals surface area contributed by atoms with Crippen molar-refractivity contribution in [1.29, 1.82) is 0 Å². The van der Waals surface area contributed by atoms with Gasteiger partial charge in [-0.25, -0.2) is 9.97 Å². The van der Waals surface area contributed by atoms with E-state index < -0.39 is 0 Å². The molecule has 1 aliphatic carbocycles. The molecule has 3 aromatic rings. The molecule has 1 aliphatic heterocycles. The van der Waals surface area contributed by atoms with Crippen LogP contribution in [0, 0.1) is 0 Å². The second kappa shape index (κ2) is 8.30. The van der Waals surface area contributed by atoms with E-state index in [1.54, 1.807) is 12.1 Å². The maximum Gasteiger partial charge on any atom is 0.252 e. The van der Waals surface area contributed by atoms with Crippen molar-refractivity contribution in [1.82, 2.24) is 19.4 Å². The zero-order valence-electron chi connectivity index (χ0n) is 18.1. The normalized spacial score (nSPS) is 18.5. The maximum absolute atomic E-state index is 12.8. The lowest BCUT2D eigenvalue weighted by Crippen LogP contribution is -2.44. The largest absolute Gasteiger partial charge is 0.383 e. The van der Waals surface area contributed by atoms with Gasteiger partial charge in [0.15, 0.2) is 5.82 Å². The molecule has 1 saturated heterocycles. The lowest BCUT2D eigenvalue weighted by Gasteiger charge is -2.34. The molecule has 2 N–H and O–H groups in total. The van der Waals surface area contributed by atoms with Gasteiger partial charge in [0.25, 0.3) is 5.56 Å². The van der Waals surface area contributed by atoms with Crippen LogP contribution in [0.2, 0.25) is 0 Å². The molecule has 2 fully saturated rings. The Morgan fingerprint density at radius 1 is 0.903 bits per heavy atom. The molecule has 1 aromatic carbocycles. The topological polar surface area (TPSA) is 80.3 Å². The minimum absolute atomic E-state index is 0.00568. The third-order valence-corrected chi connectivity index (χ3v) is 6.75. The number of pyridine rings is 1. The summed E-state index contributed by atoms with van der Waals surface area (Å²) in [5.41, 5.74) is 9.10. The van der Waals surface area contributed by atoms with Gasteiger partial charge in [0, 0.05) is 49.5 Å². The van der Waals surface area contributed by atoms with Crippen molar-refractivity contribution in [2.24, 2.45) is 0 Å². The smallest absolute Gasteiger partial charge is 0.252 e. The highest BCUT2D eigenvalue weighted by Gasteiger charge is 2.21. The number of benzene rings is 1. The van der Waals surface area contributed by atoms with Gasteiger partial charge in [0.05, 0.1) is 5.39 Å². The molecule has 2 aliphatic rings. The lowest BCUT2D eigenvalue weighted by atomic mass is 9.95. The molecule has 7 heteroatoms. The minimum Gasteiger partial charge on any atom is -0.383 e. The van der Waals surface area contributed by atoms with Gasteiger partial charge in [-0.1, -0.05) is 19.3 Å². The van der Waals surface area contributed by atoms with Crippen molar-refractivity contribution in [3.8, 4) is 11.4 Å². The quantitative estimate of drug-likeness (QED) is 0.703. The van der Waals surface area contributed by atoms with E-state index in [1.165, 1.54) is 12.1 Å². The number of fused-ring (bicyclic) bond motifs is 1. The van der Waals surface area contributed by atoms with Crippen molar-refractivity contribution in [3.05, 3.63) is 46.8 Å². The Morgan fingerprint density at radius 2 is 1.61 bits per heavy atom. The van der Waals surface area contributed by atoms with E-state index in [9.17, 15) is 4.79 Å². The summed E-state index contributed by atoms with van der Waals surface area (Å²) in [7, 11) is 2.16. The third-order valence-electron chi connectivity index (χ3n) is 6.75. The van der Waals surface area contributed by atoms with E-state index in [4.69, 9.17) is 10.7 Å². The molecule has 0 radical (unpaired) electrons. The highest BCUT2D eigenvalue weighted by Crippen LogP contribution is 2.31. The Bertz CT molecular complexity index is 1130. The number of nitrogens with zero attached hydrogens (tertiary/aromatic N) is 5. The van der Waals surface area contributed by atoms with Gasteiger partial charge in [-0.15, -0.1) is 0 Å². The van der Waals surface area contributed by atoms with Crippen LogP contribution in [0.25, 0.3) is 22.4 Å². The van der Waals surface area contributed by atoms with Crippen molar-refractivity contribution < 1.29 is 0 Å². The van der Waals surface area contributed by atoms with Gasteiger partial charge in [-0.3, -0.25) is 9.36 Å². The highest BCUT2D eigenvalue weighted by molar-refractivity contribution is 5.87. The fraction of sp³-hybridized carbons (Fsp3) is 0.458. The number of hydrogen-bond acceptors (Lipinski definition) is 6. The molecule has 0 spiro atoms. The van der Waals surface area contributed by atoms with Crippen molar-refractivity contribution >= 4 is 22.5 Å². The molecule has 0 amide bonds. The summed E-state index contributed by atoms with van der Waals surface area (Å²) in [5.74, 6) is 0.998. The summed E-state index contributed by atoms with van der Waals surface area (Å²) in [4.78, 5) is 27.0. The van der Waals surface area contributed by atoms with Gasteiger partial charge >= 0.3 is 0 Å². The molecule has 5 rings (SSSR count). The fourth-order valence-corrected chi connectivity index (χ4v) is 4.86. The number of anilines is 2. The van der Waals surface area contributed by atoms with Crippen LogP contribution in [-0.2, 0) is 0 Å². The summed E-state index contributed by atoms with van der Waals surface area (Å²) < 4.78 is 1.86. The number of rotatable bonds is 3. The average Bonchev–Trinajstić information content (AvgIpc) is 2.80. The standard InChI is InChI=1S/C24H30N6O/c1-28-13-15-29(16-14-28)18-9-7-17(8-10-18)23-26-22(25)20-11-12-21(31)30(24(20)27-23)19-5-3-2-4-6-19/h7-12,19H,2-6,13-16H2,1H3,(H2,25,26,27). The SMILES string of the molecule is CN1CCN(c2ccc(-c3nc(N)c4ccc(=O)n(C5CCCCC5)c4n3)cc2)CC1. The van der Waals surface area contributed by atoms with Gasteiger partial charge in [-0.05, 0) is 50.2 Å². The molecule has 2 aromatic heterocycles. The molecule has 0 unspecified atom stereocenters. The molecule has 0 bridgehead atoms. The minimum atomic E-state index is -0.00568. The molecule has 31 heavy (non-hydrogen) atoms. The van der Waals surface area contributed by atoms with Crippen molar-refractivity contribution in [2.45, 2.75) is 38.1 Å². The van der Waals surface area contributed by atoms with Gasteiger partial charge in [0.2, 0.25) is 0 Å². The number of piperazine rings is 1. The molecular weight excluding hydrogens is 388 g/mol. The van der Waals surface area contributed by atoms with Crippen LogP contribution in [0.15, 0.2) is 41.2 Å². The zero-order chi connectivity index (χ0) is 21.4. The molecule has 1 saturated carbocycles. The van der Waals surface area contributed by atoms with E-state index in [0.717, 1.165) is 62.8 Å². The molecule has 0 atom stereocenters. The highest BCUT2D eigenvalue weighted by atomic mass is 16.1. The monoisotopic (exact) mass is 418 g/mol. The van der Waals surface area contributed by atoms with Gasteiger partial charge < -0.3 is 15.5 Å². The van der Waals surface area contributed by atoms with Crippen LogP contribution in [0.4, 0.5) is 11.5 Å². The van der Waals surface area contributed by atoms with Crippen LogP contribution in [0.5, 0.6) is 0 Å². The fourth-order valence-electron chi connectivity index (χ4n) is 4.86. The van der Waals surface area contributed by atoms with Crippen LogP contribution in [0.1, 0.15) is 38.1 Å². The third kappa shape index (κ3) is 3.90. The van der Waals surface area contributed by atoms with Crippen LogP contribution >= 0.6 is 0 Å². The average molecular weight is 419 g/mol. The van der Waals surface area contributed by atoms with E-state index >= 15 is 0 Å². The predicted octanol–water partition coefficient (Wildman–Crippen LogP) is 3.30. The first-order valence-corrected chi connectivity index (χ1v) is 11.3. The molecule has 7 nitrogen and oxygen atoms in total. The number of aromatic nitrogens is 3. The maximum atomic E-state index is 12.8.